The molecule has 312 valence electrons. The number of esters is 1. The molecule has 3 aliphatic carbocycles. The van der Waals surface area contributed by atoms with E-state index in [1.165, 1.54) is 23.1 Å². The van der Waals surface area contributed by atoms with Crippen LogP contribution in [0, 0.1) is 23.7 Å². The van der Waals surface area contributed by atoms with Crippen LogP contribution in [-0.2, 0) is 20.7 Å². The third-order valence-corrected chi connectivity index (χ3v) is 16.5. The van der Waals surface area contributed by atoms with Gasteiger partial charge in [0.15, 0.2) is 16.9 Å². The number of aryl methyl sites for hydroxylation is 1. The van der Waals surface area contributed by atoms with E-state index in [0.717, 1.165) is 38.5 Å². The fourth-order valence-corrected chi connectivity index (χ4v) is 14.1. The second-order valence-corrected chi connectivity index (χ2v) is 19.5. The molecule has 4 bridgehead atoms. The molecule has 10 atom stereocenters. The van der Waals surface area contributed by atoms with Crippen LogP contribution in [-0.4, -0.2) is 121 Å². The van der Waals surface area contributed by atoms with Crippen molar-refractivity contribution in [3.05, 3.63) is 36.1 Å². The average Bonchev–Trinajstić information content (AvgIpc) is 3.85. The first-order chi connectivity index (χ1) is 26.9. The highest BCUT2D eigenvalue weighted by atomic mass is 33.1. The monoisotopic (exact) mass is 821 g/mol. The van der Waals surface area contributed by atoms with Crippen molar-refractivity contribution in [3.63, 3.8) is 0 Å². The molecule has 1 saturated heterocycles. The molecule has 56 heavy (non-hydrogen) atoms. The fourth-order valence-electron chi connectivity index (χ4n) is 10.1. The van der Waals surface area contributed by atoms with Crippen molar-refractivity contribution in [2.24, 2.45) is 23.7 Å². The second-order valence-electron chi connectivity index (χ2n) is 16.8. The van der Waals surface area contributed by atoms with Gasteiger partial charge in [-0.1, -0.05) is 60.4 Å². The first-order valence-electron chi connectivity index (χ1n) is 20.3. The number of ether oxygens (including phenoxy) is 4. The van der Waals surface area contributed by atoms with Gasteiger partial charge in [-0.25, -0.2) is 0 Å². The number of allylic oxidation sites excluding steroid dienone is 1. The fraction of sp³-hybridized carbons (Fsp3) is 0.732. The van der Waals surface area contributed by atoms with Gasteiger partial charge in [0.1, 0.15) is 23.9 Å². The van der Waals surface area contributed by atoms with E-state index in [1.54, 1.807) is 35.9 Å². The van der Waals surface area contributed by atoms with Crippen LogP contribution in [0.5, 0.6) is 11.5 Å². The molecule has 13 nitrogen and oxygen atoms in total. The van der Waals surface area contributed by atoms with E-state index < -0.39 is 72.2 Å². The van der Waals surface area contributed by atoms with Crippen molar-refractivity contribution < 1.29 is 58.8 Å². The van der Waals surface area contributed by atoms with Gasteiger partial charge in [0.05, 0.1) is 25.6 Å². The van der Waals surface area contributed by atoms with Crippen molar-refractivity contribution in [3.8, 4) is 11.5 Å². The number of benzene rings is 1. The summed E-state index contributed by atoms with van der Waals surface area (Å²) >= 11 is 0. The lowest BCUT2D eigenvalue weighted by atomic mass is 9.51. The number of hydrogen-bond donors (Lipinski definition) is 7. The van der Waals surface area contributed by atoms with E-state index in [0.29, 0.717) is 29.0 Å². The van der Waals surface area contributed by atoms with Gasteiger partial charge >= 0.3 is 5.97 Å². The van der Waals surface area contributed by atoms with Gasteiger partial charge in [-0.05, 0) is 75.0 Å². The Labute approximate surface area is 336 Å². The number of furan rings is 1. The zero-order valence-corrected chi connectivity index (χ0v) is 34.2. The summed E-state index contributed by atoms with van der Waals surface area (Å²) in [6.45, 7) is 5.85. The molecule has 15 heteroatoms. The molecule has 7 N–H and O–H groups in total. The molecule has 1 aromatic heterocycles. The van der Waals surface area contributed by atoms with Gasteiger partial charge in [0, 0.05) is 53.3 Å². The molecular formula is C41H59NO12S2. The molecule has 0 amide bonds. The highest BCUT2D eigenvalue weighted by Gasteiger charge is 2.76. The Bertz CT molecular complexity index is 1720. The normalized spacial score (nSPS) is 36.9. The molecule has 7 rings (SSSR count). The largest absolute Gasteiger partial charge is 0.485 e. The van der Waals surface area contributed by atoms with Gasteiger partial charge in [0.2, 0.25) is 12.0 Å². The molecule has 3 fully saturated rings. The number of aliphatic hydroxyl groups excluding tert-OH is 4. The van der Waals surface area contributed by atoms with Crippen LogP contribution in [0.15, 0.2) is 35.0 Å². The van der Waals surface area contributed by atoms with Crippen LogP contribution >= 0.6 is 21.6 Å². The Morgan fingerprint density at radius 3 is 2.62 bits per heavy atom. The number of carbonyl (C=O) groups excluding carboxylic acids is 1. The SMILES string of the molecule is CCOC(=O)CCc1cc2ccoc2c2c1OC1OC(CO)(CSSC3(CCCC3)C(CCC(C)C)NCCO2)C2(O)CC3C=CC(O)C(CO)C3C1(O)C2O. The smallest absolute Gasteiger partial charge is 0.306 e. The molecule has 3 heterocycles. The number of fused-ring (bicyclic) bond motifs is 11. The third kappa shape index (κ3) is 7.30. The number of rotatable bonds is 9. The maximum absolute atomic E-state index is 13.0. The first kappa shape index (κ1) is 42.1. The summed E-state index contributed by atoms with van der Waals surface area (Å²) < 4.78 is 31.3. The Hall–Kier alpha value is -2.05. The minimum Gasteiger partial charge on any atom is -0.485 e. The lowest BCUT2D eigenvalue weighted by Gasteiger charge is -2.66. The number of aliphatic hydroxyl groups is 6. The molecule has 1 spiro atoms. The van der Waals surface area contributed by atoms with Crippen molar-refractivity contribution in [1.82, 2.24) is 5.32 Å². The number of hydrogen-bond acceptors (Lipinski definition) is 15. The van der Waals surface area contributed by atoms with Crippen molar-refractivity contribution in [2.45, 2.75) is 125 Å². The van der Waals surface area contributed by atoms with Crippen LogP contribution in [0.4, 0.5) is 0 Å². The second kappa shape index (κ2) is 16.9. The molecular weight excluding hydrogens is 763 g/mol. The van der Waals surface area contributed by atoms with Crippen molar-refractivity contribution in [1.29, 1.82) is 0 Å². The molecule has 5 aliphatic rings. The predicted octanol–water partition coefficient (Wildman–Crippen LogP) is 3.87. The molecule has 2 saturated carbocycles. The quantitative estimate of drug-likeness (QED) is 0.109. The van der Waals surface area contributed by atoms with Gasteiger partial charge in [-0.2, -0.15) is 0 Å². The van der Waals surface area contributed by atoms with Crippen LogP contribution < -0.4 is 14.8 Å². The third-order valence-electron chi connectivity index (χ3n) is 13.1. The number of carbonyl (C=O) groups is 1. The highest BCUT2D eigenvalue weighted by Crippen LogP contribution is 2.61. The lowest BCUT2D eigenvalue weighted by molar-refractivity contribution is -0.416. The Balaban J connectivity index is 1.39. The van der Waals surface area contributed by atoms with Gasteiger partial charge < -0.3 is 59.3 Å². The average molecular weight is 822 g/mol. The molecule has 2 aromatic rings. The van der Waals surface area contributed by atoms with E-state index in [2.05, 4.69) is 19.2 Å². The molecule has 2 aliphatic heterocycles. The summed E-state index contributed by atoms with van der Waals surface area (Å²) in [4.78, 5) is 12.7. The number of nitrogens with one attached hydrogen (secondary N) is 1. The highest BCUT2D eigenvalue weighted by molar-refractivity contribution is 8.77. The van der Waals surface area contributed by atoms with Gasteiger partial charge in [-0.3, -0.25) is 4.79 Å². The molecule has 1 aromatic carbocycles. The summed E-state index contributed by atoms with van der Waals surface area (Å²) in [5.74, 6) is -2.22. The lowest BCUT2D eigenvalue weighted by Crippen LogP contribution is -2.85. The van der Waals surface area contributed by atoms with E-state index >= 15 is 0 Å². The summed E-state index contributed by atoms with van der Waals surface area (Å²) in [6.07, 6.45) is 5.97. The van der Waals surface area contributed by atoms with E-state index in [1.807, 2.05) is 0 Å². The van der Waals surface area contributed by atoms with Gasteiger partial charge in [0.25, 0.3) is 0 Å². The minimum atomic E-state index is -2.43. The zero-order valence-electron chi connectivity index (χ0n) is 32.6. The van der Waals surface area contributed by atoms with Gasteiger partial charge in [-0.15, -0.1) is 0 Å². The topological polar surface area (TPSA) is 201 Å². The maximum atomic E-state index is 13.0. The van der Waals surface area contributed by atoms with Crippen LogP contribution in [0.1, 0.15) is 77.7 Å². The van der Waals surface area contributed by atoms with E-state index in [-0.39, 0.29) is 60.5 Å². The summed E-state index contributed by atoms with van der Waals surface area (Å²) in [5, 5.41) is 75.9. The minimum absolute atomic E-state index is 0.00491. The van der Waals surface area contributed by atoms with E-state index in [4.69, 9.17) is 23.4 Å². The summed E-state index contributed by atoms with van der Waals surface area (Å²) in [6, 6.07) is 3.71. The Kier molecular flexibility index (Phi) is 12.7. The van der Waals surface area contributed by atoms with Crippen LogP contribution in [0.25, 0.3) is 11.0 Å². The summed E-state index contributed by atoms with van der Waals surface area (Å²) in [5.41, 5.74) is -5.58. The van der Waals surface area contributed by atoms with Crippen LogP contribution in [0.2, 0.25) is 0 Å². The van der Waals surface area contributed by atoms with Crippen molar-refractivity contribution in [2.75, 3.05) is 38.7 Å². The van der Waals surface area contributed by atoms with E-state index in [9.17, 15) is 35.4 Å². The predicted molar refractivity (Wildman–Crippen MR) is 212 cm³/mol. The standard InChI is InChI=1S/C41H59NO12S2/c1-4-50-31(46)12-9-25-19-26-13-17-51-33(26)35-34(25)53-37-41(49)32-27(8-10-29(45)28(32)21-43)20-40(48,36(41)47)39(22-44,54-37)23-55-56-38(14-5-6-15-38)30(11-7-24(2)3)42-16-18-52-35/h8,10,13,17,19,24,27-30,32,36-37,42-45,47-49H,4-7,9,11-12,14-16,18,20-23H2,1-3H3. The van der Waals surface area contributed by atoms with Crippen LogP contribution in [0.3, 0.4) is 0 Å². The van der Waals surface area contributed by atoms with Crippen molar-refractivity contribution >= 4 is 38.5 Å². The molecule has 0 radical (unpaired) electrons. The first-order valence-corrected chi connectivity index (χ1v) is 22.6. The maximum Gasteiger partial charge on any atom is 0.306 e. The Morgan fingerprint density at radius 2 is 1.91 bits per heavy atom. The zero-order chi connectivity index (χ0) is 39.9. The Morgan fingerprint density at radius 1 is 1.12 bits per heavy atom. The summed E-state index contributed by atoms with van der Waals surface area (Å²) in [7, 11) is 3.22. The molecule has 10 unspecified atom stereocenters.